The fourth-order valence-corrected chi connectivity index (χ4v) is 4.20. The largest absolute Gasteiger partial charge is 0.497 e. The van der Waals surface area contributed by atoms with Crippen LogP contribution in [0.4, 0.5) is 16.3 Å². The van der Waals surface area contributed by atoms with Crippen molar-refractivity contribution in [3.8, 4) is 11.5 Å². The number of urea groups is 1. The molecule has 0 saturated carbocycles. The summed E-state index contributed by atoms with van der Waals surface area (Å²) >= 11 is 0. The quantitative estimate of drug-likeness (QED) is 0.597. The number of aromatic nitrogens is 2. The number of para-hydroxylation sites is 2. The van der Waals surface area contributed by atoms with E-state index in [0.717, 1.165) is 35.1 Å². The average Bonchev–Trinajstić information content (AvgIpc) is 2.86. The molecular formula is C26H31N5O3. The molecule has 1 fully saturated rings. The van der Waals surface area contributed by atoms with Crippen molar-refractivity contribution >= 4 is 17.5 Å². The lowest BCUT2D eigenvalue weighted by atomic mass is 10.0. The normalized spacial score (nSPS) is 13.5. The van der Waals surface area contributed by atoms with Gasteiger partial charge in [0.05, 0.1) is 19.9 Å². The third-order valence-electron chi connectivity index (χ3n) is 6.06. The molecule has 0 aliphatic carbocycles. The second-order valence-electron chi connectivity index (χ2n) is 8.29. The summed E-state index contributed by atoms with van der Waals surface area (Å²) in [6.45, 7) is 6.56. The first-order valence-electron chi connectivity index (χ1n) is 11.4. The van der Waals surface area contributed by atoms with E-state index in [1.165, 1.54) is 5.56 Å². The highest BCUT2D eigenvalue weighted by atomic mass is 16.5. The third kappa shape index (κ3) is 5.22. The molecule has 0 bridgehead atoms. The van der Waals surface area contributed by atoms with E-state index in [9.17, 15) is 4.79 Å². The Morgan fingerprint density at radius 2 is 1.65 bits per heavy atom. The molecule has 0 spiro atoms. The number of methoxy groups -OCH3 is 2. The molecule has 8 heteroatoms. The van der Waals surface area contributed by atoms with Gasteiger partial charge < -0.3 is 24.6 Å². The van der Waals surface area contributed by atoms with Crippen LogP contribution in [0.25, 0.3) is 0 Å². The standard InChI is InChI=1S/C26H31N5O3/c1-18-22(17-20-9-11-21(33-3)12-10-20)25(28-19(2)27-18)30-13-15-31(16-14-30)26(32)29-23-7-5-6-8-24(23)34-4/h5-12H,13-17H2,1-4H3,(H,29,32). The summed E-state index contributed by atoms with van der Waals surface area (Å²) in [5, 5.41) is 2.96. The molecule has 1 aliphatic heterocycles. The average molecular weight is 462 g/mol. The first-order chi connectivity index (χ1) is 16.5. The first-order valence-corrected chi connectivity index (χ1v) is 11.4. The van der Waals surface area contributed by atoms with Crippen molar-refractivity contribution < 1.29 is 14.3 Å². The minimum atomic E-state index is -0.127. The zero-order valence-electron chi connectivity index (χ0n) is 20.2. The Morgan fingerprint density at radius 1 is 0.941 bits per heavy atom. The molecule has 1 saturated heterocycles. The molecule has 2 amide bonds. The highest BCUT2D eigenvalue weighted by molar-refractivity contribution is 5.91. The summed E-state index contributed by atoms with van der Waals surface area (Å²) in [6, 6.07) is 15.4. The summed E-state index contributed by atoms with van der Waals surface area (Å²) in [6.07, 6.45) is 0.736. The molecule has 0 radical (unpaired) electrons. The van der Waals surface area contributed by atoms with E-state index in [1.54, 1.807) is 14.2 Å². The van der Waals surface area contributed by atoms with Crippen molar-refractivity contribution in [1.82, 2.24) is 14.9 Å². The number of carbonyl (C=O) groups is 1. The predicted octanol–water partition coefficient (Wildman–Crippen LogP) is 4.06. The van der Waals surface area contributed by atoms with Crippen molar-refractivity contribution in [3.05, 3.63) is 71.2 Å². The summed E-state index contributed by atoms with van der Waals surface area (Å²) in [7, 11) is 3.26. The number of ether oxygens (including phenoxy) is 2. The van der Waals surface area contributed by atoms with E-state index in [1.807, 2.05) is 55.1 Å². The molecule has 0 unspecified atom stereocenters. The van der Waals surface area contributed by atoms with Crippen LogP contribution in [-0.2, 0) is 6.42 Å². The lowest BCUT2D eigenvalue weighted by Crippen LogP contribution is -2.50. The van der Waals surface area contributed by atoms with Crippen LogP contribution < -0.4 is 19.7 Å². The van der Waals surface area contributed by atoms with Gasteiger partial charge in [-0.2, -0.15) is 0 Å². The van der Waals surface area contributed by atoms with Gasteiger partial charge in [0, 0.05) is 43.9 Å². The number of anilines is 2. The highest BCUT2D eigenvalue weighted by Crippen LogP contribution is 2.27. The molecule has 1 N–H and O–H groups in total. The second kappa shape index (κ2) is 10.4. The molecule has 178 valence electrons. The molecule has 2 aromatic carbocycles. The predicted molar refractivity (Wildman–Crippen MR) is 133 cm³/mol. The van der Waals surface area contributed by atoms with Gasteiger partial charge in [-0.25, -0.2) is 14.8 Å². The zero-order valence-corrected chi connectivity index (χ0v) is 20.2. The lowest BCUT2D eigenvalue weighted by molar-refractivity contribution is 0.208. The van der Waals surface area contributed by atoms with E-state index >= 15 is 0 Å². The molecule has 3 aromatic rings. The molecule has 4 rings (SSSR count). The topological polar surface area (TPSA) is 79.8 Å². The fraction of sp³-hybridized carbons (Fsp3) is 0.346. The van der Waals surface area contributed by atoms with Crippen LogP contribution in [0.3, 0.4) is 0 Å². The number of benzene rings is 2. The van der Waals surface area contributed by atoms with Crippen LogP contribution in [0.5, 0.6) is 11.5 Å². The van der Waals surface area contributed by atoms with Crippen molar-refractivity contribution in [2.75, 3.05) is 50.6 Å². The van der Waals surface area contributed by atoms with Crippen LogP contribution in [0.2, 0.25) is 0 Å². The van der Waals surface area contributed by atoms with Gasteiger partial charge in [-0.3, -0.25) is 0 Å². The SMILES string of the molecule is COc1ccc(Cc2c(C)nc(C)nc2N2CCN(C(=O)Nc3ccccc3OC)CC2)cc1. The minimum absolute atomic E-state index is 0.127. The maximum Gasteiger partial charge on any atom is 0.322 e. The van der Waals surface area contributed by atoms with Crippen LogP contribution in [0, 0.1) is 13.8 Å². The Balaban J connectivity index is 1.46. The molecule has 1 aromatic heterocycles. The highest BCUT2D eigenvalue weighted by Gasteiger charge is 2.25. The number of nitrogens with one attached hydrogen (secondary N) is 1. The minimum Gasteiger partial charge on any atom is -0.497 e. The van der Waals surface area contributed by atoms with Gasteiger partial charge in [-0.15, -0.1) is 0 Å². The van der Waals surface area contributed by atoms with Crippen molar-refractivity contribution in [1.29, 1.82) is 0 Å². The molecule has 2 heterocycles. The summed E-state index contributed by atoms with van der Waals surface area (Å²) in [4.78, 5) is 26.4. The number of piperazine rings is 1. The Bertz CT molecular complexity index is 1140. The molecule has 34 heavy (non-hydrogen) atoms. The zero-order chi connectivity index (χ0) is 24.1. The van der Waals surface area contributed by atoms with Gasteiger partial charge in [0.15, 0.2) is 0 Å². The van der Waals surface area contributed by atoms with Crippen molar-refractivity contribution in [2.45, 2.75) is 20.3 Å². The summed E-state index contributed by atoms with van der Waals surface area (Å²) < 4.78 is 10.6. The number of carbonyl (C=O) groups excluding carboxylic acids is 1. The number of amides is 2. The number of rotatable bonds is 6. The van der Waals surface area contributed by atoms with Gasteiger partial charge >= 0.3 is 6.03 Å². The number of aryl methyl sites for hydroxylation is 2. The fourth-order valence-electron chi connectivity index (χ4n) is 4.20. The lowest BCUT2D eigenvalue weighted by Gasteiger charge is -2.36. The van der Waals surface area contributed by atoms with Gasteiger partial charge in [-0.05, 0) is 43.7 Å². The van der Waals surface area contributed by atoms with E-state index in [4.69, 9.17) is 14.5 Å². The molecule has 1 aliphatic rings. The Kier molecular flexibility index (Phi) is 7.15. The van der Waals surface area contributed by atoms with E-state index in [2.05, 4.69) is 27.3 Å². The van der Waals surface area contributed by atoms with Crippen LogP contribution in [0.15, 0.2) is 48.5 Å². The third-order valence-corrected chi connectivity index (χ3v) is 6.06. The van der Waals surface area contributed by atoms with E-state index < -0.39 is 0 Å². The Hall–Kier alpha value is -3.81. The number of nitrogens with zero attached hydrogens (tertiary/aromatic N) is 4. The first kappa shape index (κ1) is 23.4. The van der Waals surface area contributed by atoms with Crippen molar-refractivity contribution in [2.24, 2.45) is 0 Å². The van der Waals surface area contributed by atoms with E-state index in [-0.39, 0.29) is 6.03 Å². The van der Waals surface area contributed by atoms with Crippen LogP contribution in [0.1, 0.15) is 22.6 Å². The van der Waals surface area contributed by atoms with Gasteiger partial charge in [0.2, 0.25) is 0 Å². The van der Waals surface area contributed by atoms with Crippen molar-refractivity contribution in [3.63, 3.8) is 0 Å². The second-order valence-corrected chi connectivity index (χ2v) is 8.29. The molecule has 0 atom stereocenters. The smallest absolute Gasteiger partial charge is 0.322 e. The summed E-state index contributed by atoms with van der Waals surface area (Å²) in [5.41, 5.74) is 3.94. The number of hydrogen-bond donors (Lipinski definition) is 1. The number of hydrogen-bond acceptors (Lipinski definition) is 6. The van der Waals surface area contributed by atoms with E-state index in [0.29, 0.717) is 37.6 Å². The maximum atomic E-state index is 12.9. The van der Waals surface area contributed by atoms with Crippen LogP contribution >= 0.6 is 0 Å². The van der Waals surface area contributed by atoms with Gasteiger partial charge in [0.25, 0.3) is 0 Å². The Morgan fingerprint density at radius 3 is 2.32 bits per heavy atom. The van der Waals surface area contributed by atoms with Crippen LogP contribution in [-0.4, -0.2) is 61.3 Å². The molecular weight excluding hydrogens is 430 g/mol. The monoisotopic (exact) mass is 461 g/mol. The maximum absolute atomic E-state index is 12.9. The molecule has 8 nitrogen and oxygen atoms in total. The van der Waals surface area contributed by atoms with Gasteiger partial charge in [0.1, 0.15) is 23.1 Å². The summed E-state index contributed by atoms with van der Waals surface area (Å²) in [5.74, 6) is 3.18. The Labute approximate surface area is 200 Å². The van der Waals surface area contributed by atoms with Gasteiger partial charge in [-0.1, -0.05) is 24.3 Å².